The summed E-state index contributed by atoms with van der Waals surface area (Å²) in [5.41, 5.74) is -0.660. The number of fused-ring (bicyclic) bond motifs is 1. The van der Waals surface area contributed by atoms with Crippen LogP contribution in [0.25, 0.3) is 0 Å². The van der Waals surface area contributed by atoms with Crippen LogP contribution in [0.1, 0.15) is 42.2 Å². The Bertz CT molecular complexity index is 464. The number of hydrogen-bond acceptors (Lipinski definition) is 2. The normalized spacial score (nSPS) is 25.9. The first-order valence-corrected chi connectivity index (χ1v) is 7.23. The summed E-state index contributed by atoms with van der Waals surface area (Å²) in [5.74, 6) is 0. The lowest BCUT2D eigenvalue weighted by Gasteiger charge is -2.30. The second kappa shape index (κ2) is 4.12. The van der Waals surface area contributed by atoms with Gasteiger partial charge in [-0.15, -0.1) is 11.3 Å². The number of rotatable bonds is 2. The molecule has 1 aromatic rings. The van der Waals surface area contributed by atoms with Gasteiger partial charge in [0, 0.05) is 10.9 Å². The van der Waals surface area contributed by atoms with Crippen LogP contribution in [0.4, 0.5) is 13.2 Å². The van der Waals surface area contributed by atoms with E-state index in [1.165, 1.54) is 11.3 Å². The maximum absolute atomic E-state index is 12.9. The number of thiophene rings is 1. The molecule has 1 fully saturated rings. The Hall–Kier alpha value is -0.260. The number of aryl methyl sites for hydroxylation is 1. The van der Waals surface area contributed by atoms with E-state index in [0.29, 0.717) is 4.34 Å². The minimum absolute atomic E-state index is 0.193. The number of hydrogen-bond donors (Lipinski definition) is 1. The van der Waals surface area contributed by atoms with Crippen molar-refractivity contribution in [3.8, 4) is 0 Å². The topological polar surface area (TPSA) is 12.0 Å². The highest BCUT2D eigenvalue weighted by Gasteiger charge is 2.63. The molecule has 0 spiro atoms. The van der Waals surface area contributed by atoms with Crippen molar-refractivity contribution in [1.29, 1.82) is 0 Å². The zero-order valence-electron chi connectivity index (χ0n) is 9.61. The van der Waals surface area contributed by atoms with Crippen molar-refractivity contribution in [3.05, 3.63) is 20.8 Å². The average molecular weight is 296 g/mol. The zero-order valence-corrected chi connectivity index (χ0v) is 11.2. The molecule has 100 valence electrons. The maximum atomic E-state index is 12.9. The summed E-state index contributed by atoms with van der Waals surface area (Å²) in [4.78, 5) is 1.14. The summed E-state index contributed by atoms with van der Waals surface area (Å²) in [7, 11) is 0. The molecular formula is C12H13ClF3NS. The monoisotopic (exact) mass is 295 g/mol. The minimum Gasteiger partial charge on any atom is -0.297 e. The highest BCUT2D eigenvalue weighted by Crippen LogP contribution is 2.51. The van der Waals surface area contributed by atoms with Gasteiger partial charge >= 0.3 is 6.18 Å². The molecule has 0 bridgehead atoms. The SMILES string of the molecule is FC(F)(F)C1(NC2CCCc3sc(Cl)cc32)CC1. The molecule has 1 aromatic heterocycles. The van der Waals surface area contributed by atoms with Crippen molar-refractivity contribution in [2.24, 2.45) is 0 Å². The molecule has 0 aromatic carbocycles. The van der Waals surface area contributed by atoms with Crippen LogP contribution in [-0.4, -0.2) is 11.7 Å². The van der Waals surface area contributed by atoms with E-state index in [1.807, 2.05) is 6.07 Å². The van der Waals surface area contributed by atoms with Gasteiger partial charge in [-0.25, -0.2) is 0 Å². The smallest absolute Gasteiger partial charge is 0.297 e. The highest BCUT2D eigenvalue weighted by atomic mass is 35.5. The van der Waals surface area contributed by atoms with Gasteiger partial charge in [0.05, 0.1) is 4.34 Å². The van der Waals surface area contributed by atoms with Gasteiger partial charge in [-0.3, -0.25) is 5.32 Å². The van der Waals surface area contributed by atoms with E-state index in [4.69, 9.17) is 11.6 Å². The Morgan fingerprint density at radius 3 is 2.72 bits per heavy atom. The predicted molar refractivity (Wildman–Crippen MR) is 66.2 cm³/mol. The predicted octanol–water partition coefficient (Wildman–Crippen LogP) is 4.46. The van der Waals surface area contributed by atoms with Gasteiger partial charge in [0.15, 0.2) is 0 Å². The molecule has 6 heteroatoms. The quantitative estimate of drug-likeness (QED) is 0.849. The Morgan fingerprint density at radius 1 is 1.39 bits per heavy atom. The molecule has 1 saturated carbocycles. The zero-order chi connectivity index (χ0) is 13.0. The molecule has 0 radical (unpaired) electrons. The van der Waals surface area contributed by atoms with Crippen LogP contribution in [0.2, 0.25) is 4.34 Å². The number of halogens is 4. The molecule has 2 aliphatic carbocycles. The van der Waals surface area contributed by atoms with Gasteiger partial charge in [-0.2, -0.15) is 13.2 Å². The summed E-state index contributed by atoms with van der Waals surface area (Å²) >= 11 is 7.45. The molecule has 1 nitrogen and oxygen atoms in total. The fraction of sp³-hybridized carbons (Fsp3) is 0.667. The third-order valence-corrected chi connectivity index (χ3v) is 5.17. The molecule has 1 heterocycles. The Labute approximate surface area is 112 Å². The van der Waals surface area contributed by atoms with Crippen LogP contribution in [-0.2, 0) is 6.42 Å². The summed E-state index contributed by atoms with van der Waals surface area (Å²) in [6.45, 7) is 0. The van der Waals surface area contributed by atoms with Gasteiger partial charge in [-0.05, 0) is 43.7 Å². The van der Waals surface area contributed by atoms with Crippen molar-refractivity contribution in [2.45, 2.75) is 49.9 Å². The lowest BCUT2D eigenvalue weighted by Crippen LogP contribution is -2.47. The molecule has 1 N–H and O–H groups in total. The second-order valence-electron chi connectivity index (χ2n) is 5.10. The van der Waals surface area contributed by atoms with E-state index >= 15 is 0 Å². The number of alkyl halides is 3. The lowest BCUT2D eigenvalue weighted by atomic mass is 9.93. The molecule has 1 atom stereocenters. The summed E-state index contributed by atoms with van der Waals surface area (Å²) in [6.07, 6.45) is -1.14. The van der Waals surface area contributed by atoms with Crippen LogP contribution < -0.4 is 5.32 Å². The molecule has 1 unspecified atom stereocenters. The van der Waals surface area contributed by atoms with E-state index in [2.05, 4.69) is 5.32 Å². The van der Waals surface area contributed by atoms with Crippen molar-refractivity contribution in [3.63, 3.8) is 0 Å². The Kier molecular flexibility index (Phi) is 2.92. The van der Waals surface area contributed by atoms with E-state index < -0.39 is 11.7 Å². The van der Waals surface area contributed by atoms with E-state index in [-0.39, 0.29) is 18.9 Å². The maximum Gasteiger partial charge on any atom is 0.406 e. The molecule has 0 saturated heterocycles. The standard InChI is InChI=1S/C12H13ClF3NS/c13-10-6-7-8(2-1-3-9(7)18-10)17-11(4-5-11)12(14,15)16/h6,8,17H,1-5H2. The molecule has 0 amide bonds. The van der Waals surface area contributed by atoms with Crippen LogP contribution in [0.3, 0.4) is 0 Å². The fourth-order valence-corrected chi connectivity index (χ4v) is 4.02. The van der Waals surface area contributed by atoms with E-state index in [9.17, 15) is 13.2 Å². The largest absolute Gasteiger partial charge is 0.406 e. The molecular weight excluding hydrogens is 283 g/mol. The van der Waals surface area contributed by atoms with Gasteiger partial charge in [0.1, 0.15) is 5.54 Å². The van der Waals surface area contributed by atoms with Gasteiger partial charge in [0.25, 0.3) is 0 Å². The summed E-state index contributed by atoms with van der Waals surface area (Å²) in [5, 5.41) is 2.84. The van der Waals surface area contributed by atoms with Crippen LogP contribution in [0, 0.1) is 0 Å². The lowest BCUT2D eigenvalue weighted by molar-refractivity contribution is -0.168. The van der Waals surface area contributed by atoms with E-state index in [1.54, 1.807) is 0 Å². The summed E-state index contributed by atoms with van der Waals surface area (Å²) < 4.78 is 39.5. The van der Waals surface area contributed by atoms with Gasteiger partial charge < -0.3 is 0 Å². The van der Waals surface area contributed by atoms with E-state index in [0.717, 1.165) is 29.7 Å². The first-order chi connectivity index (χ1) is 8.41. The first-order valence-electron chi connectivity index (χ1n) is 6.04. The van der Waals surface area contributed by atoms with Gasteiger partial charge in [-0.1, -0.05) is 11.6 Å². The molecule has 0 aliphatic heterocycles. The van der Waals surface area contributed by atoms with Crippen LogP contribution >= 0.6 is 22.9 Å². The third-order valence-electron chi connectivity index (χ3n) is 3.83. The van der Waals surface area contributed by atoms with Crippen molar-refractivity contribution >= 4 is 22.9 Å². The molecule has 2 aliphatic rings. The number of nitrogens with one attached hydrogen (secondary N) is 1. The minimum atomic E-state index is -4.15. The average Bonchev–Trinajstić information content (AvgIpc) is 2.94. The first kappa shape index (κ1) is 12.8. The van der Waals surface area contributed by atoms with Crippen LogP contribution in [0.15, 0.2) is 6.07 Å². The van der Waals surface area contributed by atoms with Gasteiger partial charge in [0.2, 0.25) is 0 Å². The Balaban J connectivity index is 1.83. The summed E-state index contributed by atoms with van der Waals surface area (Å²) in [6, 6.07) is 1.63. The molecule has 18 heavy (non-hydrogen) atoms. The fourth-order valence-electron chi connectivity index (χ4n) is 2.64. The molecule has 3 rings (SSSR count). The van der Waals surface area contributed by atoms with Crippen molar-refractivity contribution in [1.82, 2.24) is 5.32 Å². The third kappa shape index (κ3) is 2.06. The van der Waals surface area contributed by atoms with Crippen molar-refractivity contribution in [2.75, 3.05) is 0 Å². The van der Waals surface area contributed by atoms with Crippen molar-refractivity contribution < 1.29 is 13.2 Å². The Morgan fingerprint density at radius 2 is 2.11 bits per heavy atom. The second-order valence-corrected chi connectivity index (χ2v) is 6.87. The van der Waals surface area contributed by atoms with Crippen LogP contribution in [0.5, 0.6) is 0 Å². The highest BCUT2D eigenvalue weighted by molar-refractivity contribution is 7.16.